The summed E-state index contributed by atoms with van der Waals surface area (Å²) in [5, 5.41) is 0. The molecule has 0 saturated heterocycles. The fraction of sp³-hybridized carbons (Fsp3) is 0.444. The van der Waals surface area contributed by atoms with Crippen molar-refractivity contribution in [1.82, 2.24) is 0 Å². The molecule has 0 N–H and O–H groups in total. The lowest BCUT2D eigenvalue weighted by atomic mass is 10.4. The summed E-state index contributed by atoms with van der Waals surface area (Å²) in [6.45, 7) is 7.52. The zero-order valence-electron chi connectivity index (χ0n) is 7.47. The van der Waals surface area contributed by atoms with Gasteiger partial charge in [0.2, 0.25) is 0 Å². The van der Waals surface area contributed by atoms with Crippen LogP contribution in [0, 0.1) is 13.8 Å². The Morgan fingerprint density at radius 3 is 1.73 bits per heavy atom. The van der Waals surface area contributed by atoms with Crippen molar-refractivity contribution in [2.75, 3.05) is 0 Å². The van der Waals surface area contributed by atoms with E-state index in [9.17, 15) is 4.79 Å². The van der Waals surface area contributed by atoms with Gasteiger partial charge in [-0.3, -0.25) is 4.79 Å². The Kier molecular flexibility index (Phi) is 4.27. The quantitative estimate of drug-likeness (QED) is 0.574. The first-order chi connectivity index (χ1) is 5.18. The smallest absolute Gasteiger partial charge is 0.185 e. The highest BCUT2D eigenvalue weighted by atomic mass is 16.3. The van der Waals surface area contributed by atoms with Crippen LogP contribution in [0.25, 0.3) is 0 Å². The van der Waals surface area contributed by atoms with E-state index in [4.69, 9.17) is 4.42 Å². The van der Waals surface area contributed by atoms with Crippen LogP contribution in [-0.2, 0) is 0 Å². The molecule has 1 aromatic rings. The molecule has 0 aliphatic heterocycles. The molecular formula is C9H14O2. The van der Waals surface area contributed by atoms with Gasteiger partial charge in [-0.15, -0.1) is 0 Å². The molecule has 0 atom stereocenters. The monoisotopic (exact) mass is 154 g/mol. The van der Waals surface area contributed by atoms with E-state index < -0.39 is 0 Å². The third-order valence-corrected chi connectivity index (χ3v) is 1.01. The molecule has 0 aliphatic rings. The Bertz CT molecular complexity index is 237. The molecule has 1 heterocycles. The van der Waals surface area contributed by atoms with Crippen LogP contribution in [0.2, 0.25) is 0 Å². The molecule has 1 rings (SSSR count). The average Bonchev–Trinajstić information content (AvgIpc) is 1.88. The summed E-state index contributed by atoms with van der Waals surface area (Å²) in [6, 6.07) is 2.93. The van der Waals surface area contributed by atoms with E-state index in [0.717, 1.165) is 0 Å². The minimum atomic E-state index is 0.0104. The highest BCUT2D eigenvalue weighted by Gasteiger charge is 1.90. The molecule has 0 unspecified atom stereocenters. The molecule has 2 heteroatoms. The fourth-order valence-electron chi connectivity index (χ4n) is 0.755. The standard InChI is InChI=1S/C7H8O2.C2H6/c1-5-3-7(8)4-6(2)9-5;1-2/h3-4H,1-2H3;1-2H3. The first-order valence-electron chi connectivity index (χ1n) is 3.77. The van der Waals surface area contributed by atoms with Gasteiger partial charge in [-0.1, -0.05) is 13.8 Å². The third kappa shape index (κ3) is 3.61. The van der Waals surface area contributed by atoms with E-state index in [1.165, 1.54) is 12.1 Å². The van der Waals surface area contributed by atoms with Crippen molar-refractivity contribution in [3.8, 4) is 0 Å². The van der Waals surface area contributed by atoms with Crippen LogP contribution in [0.15, 0.2) is 21.3 Å². The minimum Gasteiger partial charge on any atom is -0.466 e. The van der Waals surface area contributed by atoms with Crippen LogP contribution in [0.4, 0.5) is 0 Å². The van der Waals surface area contributed by atoms with Crippen molar-refractivity contribution in [1.29, 1.82) is 0 Å². The molecule has 0 amide bonds. The summed E-state index contributed by atoms with van der Waals surface area (Å²) < 4.78 is 5.06. The maximum Gasteiger partial charge on any atom is 0.185 e. The maximum atomic E-state index is 10.7. The molecule has 0 saturated carbocycles. The lowest BCUT2D eigenvalue weighted by Gasteiger charge is -1.91. The maximum absolute atomic E-state index is 10.7. The van der Waals surface area contributed by atoms with Gasteiger partial charge in [-0.05, 0) is 13.8 Å². The molecule has 0 aliphatic carbocycles. The summed E-state index contributed by atoms with van der Waals surface area (Å²) >= 11 is 0. The Hall–Kier alpha value is -1.05. The van der Waals surface area contributed by atoms with Crippen LogP contribution < -0.4 is 5.43 Å². The van der Waals surface area contributed by atoms with E-state index in [1.807, 2.05) is 13.8 Å². The predicted octanol–water partition coefficient (Wildman–Crippen LogP) is 2.28. The molecule has 0 bridgehead atoms. The van der Waals surface area contributed by atoms with Crippen molar-refractivity contribution in [2.24, 2.45) is 0 Å². The van der Waals surface area contributed by atoms with Crippen LogP contribution in [0.3, 0.4) is 0 Å². The van der Waals surface area contributed by atoms with Gasteiger partial charge in [0, 0.05) is 12.1 Å². The first kappa shape index (κ1) is 9.95. The second-order valence-electron chi connectivity index (χ2n) is 2.01. The molecule has 62 valence electrons. The summed E-state index contributed by atoms with van der Waals surface area (Å²) in [5.74, 6) is 1.33. The number of hydrogen-bond acceptors (Lipinski definition) is 2. The van der Waals surface area contributed by atoms with E-state index in [0.29, 0.717) is 11.5 Å². The number of aryl methyl sites for hydroxylation is 2. The van der Waals surface area contributed by atoms with Gasteiger partial charge in [0.05, 0.1) is 0 Å². The lowest BCUT2D eigenvalue weighted by molar-refractivity contribution is 0.484. The van der Waals surface area contributed by atoms with Crippen molar-refractivity contribution in [3.05, 3.63) is 33.9 Å². The summed E-state index contributed by atoms with van der Waals surface area (Å²) in [6.07, 6.45) is 0. The normalized spacial score (nSPS) is 8.36. The lowest BCUT2D eigenvalue weighted by Crippen LogP contribution is -1.97. The van der Waals surface area contributed by atoms with Crippen molar-refractivity contribution in [3.63, 3.8) is 0 Å². The highest BCUT2D eigenvalue weighted by Crippen LogP contribution is 1.95. The largest absolute Gasteiger partial charge is 0.466 e. The summed E-state index contributed by atoms with van der Waals surface area (Å²) in [4.78, 5) is 10.7. The van der Waals surface area contributed by atoms with Gasteiger partial charge < -0.3 is 4.42 Å². The van der Waals surface area contributed by atoms with Crippen LogP contribution in [0.5, 0.6) is 0 Å². The molecule has 0 spiro atoms. The van der Waals surface area contributed by atoms with E-state index >= 15 is 0 Å². The van der Waals surface area contributed by atoms with Crippen molar-refractivity contribution in [2.45, 2.75) is 27.7 Å². The van der Waals surface area contributed by atoms with Gasteiger partial charge in [-0.2, -0.15) is 0 Å². The van der Waals surface area contributed by atoms with Crippen molar-refractivity contribution < 1.29 is 4.42 Å². The second kappa shape index (κ2) is 4.72. The van der Waals surface area contributed by atoms with Gasteiger partial charge in [0.15, 0.2) is 5.43 Å². The van der Waals surface area contributed by atoms with Gasteiger partial charge in [0.25, 0.3) is 0 Å². The topological polar surface area (TPSA) is 30.2 Å². The average molecular weight is 154 g/mol. The van der Waals surface area contributed by atoms with Gasteiger partial charge >= 0.3 is 0 Å². The zero-order valence-corrected chi connectivity index (χ0v) is 7.47. The Morgan fingerprint density at radius 1 is 1.09 bits per heavy atom. The van der Waals surface area contributed by atoms with Gasteiger partial charge in [-0.25, -0.2) is 0 Å². The zero-order chi connectivity index (χ0) is 8.85. The number of hydrogen-bond donors (Lipinski definition) is 0. The van der Waals surface area contributed by atoms with E-state index in [-0.39, 0.29) is 5.43 Å². The SMILES string of the molecule is CC.Cc1cc(=O)cc(C)o1. The Balaban J connectivity index is 0.000000461. The Morgan fingerprint density at radius 2 is 1.45 bits per heavy atom. The highest BCUT2D eigenvalue weighted by molar-refractivity contribution is 5.03. The van der Waals surface area contributed by atoms with Crippen LogP contribution >= 0.6 is 0 Å². The van der Waals surface area contributed by atoms with Crippen LogP contribution in [0.1, 0.15) is 25.4 Å². The molecule has 1 aromatic heterocycles. The molecule has 0 radical (unpaired) electrons. The van der Waals surface area contributed by atoms with E-state index in [1.54, 1.807) is 13.8 Å². The summed E-state index contributed by atoms with van der Waals surface area (Å²) in [5.41, 5.74) is 0.0104. The van der Waals surface area contributed by atoms with Crippen molar-refractivity contribution >= 4 is 0 Å². The van der Waals surface area contributed by atoms with Gasteiger partial charge in [0.1, 0.15) is 11.5 Å². The molecule has 2 nitrogen and oxygen atoms in total. The van der Waals surface area contributed by atoms with Crippen LogP contribution in [-0.4, -0.2) is 0 Å². The Labute approximate surface area is 66.9 Å². The fourth-order valence-corrected chi connectivity index (χ4v) is 0.755. The minimum absolute atomic E-state index is 0.0104. The predicted molar refractivity (Wildman–Crippen MR) is 45.8 cm³/mol. The summed E-state index contributed by atoms with van der Waals surface area (Å²) in [7, 11) is 0. The molecule has 0 fully saturated rings. The third-order valence-electron chi connectivity index (χ3n) is 1.01. The van der Waals surface area contributed by atoms with E-state index in [2.05, 4.69) is 0 Å². The second-order valence-corrected chi connectivity index (χ2v) is 2.01. The first-order valence-corrected chi connectivity index (χ1v) is 3.77. The number of rotatable bonds is 0. The molecule has 0 aromatic carbocycles. The molecule has 11 heavy (non-hydrogen) atoms. The molecular weight excluding hydrogens is 140 g/mol.